The zero-order valence-corrected chi connectivity index (χ0v) is 43.1. The van der Waals surface area contributed by atoms with Crippen LogP contribution in [0.3, 0.4) is 0 Å². The number of aryl methyl sites for hydroxylation is 2. The third-order valence-electron chi connectivity index (χ3n) is 13.5. The molecule has 0 aliphatic heterocycles. The number of hydrogen-bond donors (Lipinski definition) is 0. The molecule has 0 fully saturated rings. The highest BCUT2D eigenvalue weighted by Crippen LogP contribution is 2.43. The number of aromatic nitrogens is 4. The molecule has 0 amide bonds. The lowest BCUT2D eigenvalue weighted by molar-refractivity contribution is 1.20. The number of benzene rings is 7. The fraction of sp³-hybridized carbons (Fsp3) is 0.0857. The van der Waals surface area contributed by atoms with Crippen molar-refractivity contribution in [2.75, 3.05) is 0 Å². The first kappa shape index (κ1) is 49.8. The zero-order chi connectivity index (χ0) is 51.6. The lowest BCUT2D eigenvalue weighted by atomic mass is 9.87. The summed E-state index contributed by atoms with van der Waals surface area (Å²) in [5.74, 6) is 0. The molecule has 0 bridgehead atoms. The van der Waals surface area contributed by atoms with Crippen LogP contribution < -0.4 is 0 Å². The summed E-state index contributed by atoms with van der Waals surface area (Å²) in [6.45, 7) is 20.5. The van der Waals surface area contributed by atoms with E-state index in [9.17, 15) is 0 Å². The first-order valence-corrected chi connectivity index (χ1v) is 25.1. The summed E-state index contributed by atoms with van der Waals surface area (Å²) < 4.78 is 0. The predicted octanol–water partition coefficient (Wildman–Crippen LogP) is 19.0. The van der Waals surface area contributed by atoms with Gasteiger partial charge in [0.05, 0.1) is 22.8 Å². The fourth-order valence-corrected chi connectivity index (χ4v) is 9.09. The quantitative estimate of drug-likeness (QED) is 0.101. The van der Waals surface area contributed by atoms with Crippen molar-refractivity contribution >= 4 is 43.5 Å². The minimum Gasteiger partial charge on any atom is -0.257 e. The molecular weight excluding hydrogens is 897 g/mol. The van der Waals surface area contributed by atoms with Crippen LogP contribution in [0.1, 0.15) is 50.3 Å². The van der Waals surface area contributed by atoms with Crippen molar-refractivity contribution in [1.29, 1.82) is 0 Å². The molecule has 0 saturated carbocycles. The Morgan fingerprint density at radius 1 is 0.419 bits per heavy atom. The summed E-state index contributed by atoms with van der Waals surface area (Å²) >= 11 is 0. The first-order chi connectivity index (χ1) is 36.1. The third-order valence-corrected chi connectivity index (χ3v) is 13.5. The van der Waals surface area contributed by atoms with Crippen molar-refractivity contribution in [3.05, 3.63) is 278 Å². The van der Waals surface area contributed by atoms with Crippen LogP contribution >= 0.6 is 0 Å². The molecule has 0 radical (unpaired) electrons. The Morgan fingerprint density at radius 3 is 1.34 bits per heavy atom. The monoisotopic (exact) mass is 956 g/mol. The molecule has 0 N–H and O–H groups in total. The normalized spacial score (nSPS) is 11.6. The van der Waals surface area contributed by atoms with Crippen LogP contribution in [0.5, 0.6) is 0 Å². The van der Waals surface area contributed by atoms with Gasteiger partial charge in [0.1, 0.15) is 0 Å². The maximum Gasteiger partial charge on any atom is 0.0705 e. The summed E-state index contributed by atoms with van der Waals surface area (Å²) in [6.07, 6.45) is 11.8. The van der Waals surface area contributed by atoms with Gasteiger partial charge in [-0.05, 0) is 167 Å². The molecule has 0 aliphatic carbocycles. The van der Waals surface area contributed by atoms with Gasteiger partial charge in [0, 0.05) is 40.5 Å². The van der Waals surface area contributed by atoms with E-state index in [2.05, 4.69) is 200 Å². The maximum absolute atomic E-state index is 4.70. The topological polar surface area (TPSA) is 51.6 Å². The summed E-state index contributed by atoms with van der Waals surface area (Å²) in [4.78, 5) is 17.9. The minimum absolute atomic E-state index is 0.924. The molecule has 74 heavy (non-hydrogen) atoms. The molecule has 4 heteroatoms. The van der Waals surface area contributed by atoms with Gasteiger partial charge in [-0.3, -0.25) is 19.9 Å². The first-order valence-electron chi connectivity index (χ1n) is 25.1. The zero-order valence-electron chi connectivity index (χ0n) is 43.1. The van der Waals surface area contributed by atoms with E-state index in [1.165, 1.54) is 65.7 Å². The Balaban J connectivity index is 0.000000171. The summed E-state index contributed by atoms with van der Waals surface area (Å²) in [7, 11) is 0. The van der Waals surface area contributed by atoms with Crippen molar-refractivity contribution in [1.82, 2.24) is 19.9 Å². The second-order valence-electron chi connectivity index (χ2n) is 18.5. The van der Waals surface area contributed by atoms with Gasteiger partial charge in [0.15, 0.2) is 0 Å². The molecule has 11 aromatic rings. The molecule has 0 unspecified atom stereocenters. The van der Waals surface area contributed by atoms with Crippen LogP contribution in [-0.4, -0.2) is 19.9 Å². The highest BCUT2D eigenvalue weighted by molar-refractivity contribution is 6.27. The van der Waals surface area contributed by atoms with E-state index in [4.69, 9.17) is 4.98 Å². The maximum atomic E-state index is 4.70. The molecule has 4 nitrogen and oxygen atoms in total. The summed E-state index contributed by atoms with van der Waals surface area (Å²) in [6, 6.07) is 68.2. The largest absolute Gasteiger partial charge is 0.257 e. The molecule has 360 valence electrons. The number of allylic oxidation sites excluding steroid dienone is 8. The number of nitrogens with zero attached hydrogens (tertiary/aromatic N) is 4. The Labute approximate surface area is 436 Å². The number of hydrogen-bond acceptors (Lipinski definition) is 4. The van der Waals surface area contributed by atoms with Crippen molar-refractivity contribution in [3.8, 4) is 56.0 Å². The van der Waals surface area contributed by atoms with Gasteiger partial charge in [0.25, 0.3) is 0 Å². The van der Waals surface area contributed by atoms with Gasteiger partial charge >= 0.3 is 0 Å². The molecule has 11 rings (SSSR count). The molecule has 0 aliphatic rings. The van der Waals surface area contributed by atoms with E-state index >= 15 is 0 Å². The van der Waals surface area contributed by atoms with E-state index in [0.717, 1.165) is 67.6 Å². The van der Waals surface area contributed by atoms with E-state index in [1.54, 1.807) is 0 Å². The smallest absolute Gasteiger partial charge is 0.0705 e. The fourth-order valence-electron chi connectivity index (χ4n) is 9.09. The Morgan fingerprint density at radius 2 is 0.878 bits per heavy atom. The average Bonchev–Trinajstić information content (AvgIpc) is 3.46. The molecule has 7 aromatic carbocycles. The van der Waals surface area contributed by atoms with Crippen LogP contribution in [-0.2, 0) is 0 Å². The van der Waals surface area contributed by atoms with Crippen molar-refractivity contribution in [2.45, 2.75) is 41.5 Å². The lowest BCUT2D eigenvalue weighted by Crippen LogP contribution is -1.90. The predicted molar refractivity (Wildman–Crippen MR) is 317 cm³/mol. The van der Waals surface area contributed by atoms with E-state index in [1.807, 2.05) is 101 Å². The van der Waals surface area contributed by atoms with E-state index in [-0.39, 0.29) is 0 Å². The van der Waals surface area contributed by atoms with Crippen LogP contribution in [0.4, 0.5) is 0 Å². The van der Waals surface area contributed by atoms with Gasteiger partial charge < -0.3 is 0 Å². The van der Waals surface area contributed by atoms with Gasteiger partial charge in [-0.2, -0.15) is 0 Å². The number of pyridine rings is 4. The lowest BCUT2D eigenvalue weighted by Gasteiger charge is -2.17. The second-order valence-corrected chi connectivity index (χ2v) is 18.5. The molecule has 0 spiro atoms. The van der Waals surface area contributed by atoms with Crippen molar-refractivity contribution in [2.24, 2.45) is 0 Å². The van der Waals surface area contributed by atoms with Gasteiger partial charge in [0.2, 0.25) is 0 Å². The van der Waals surface area contributed by atoms with Gasteiger partial charge in [-0.15, -0.1) is 0 Å². The van der Waals surface area contributed by atoms with Crippen LogP contribution in [0.25, 0.3) is 99.5 Å². The highest BCUT2D eigenvalue weighted by atomic mass is 14.7. The Kier molecular flexibility index (Phi) is 15.5. The number of rotatable bonds is 10. The molecule has 0 saturated heterocycles. The van der Waals surface area contributed by atoms with E-state index in [0.29, 0.717) is 0 Å². The minimum atomic E-state index is 0.924. The summed E-state index contributed by atoms with van der Waals surface area (Å²) in [5.41, 5.74) is 19.8. The second kappa shape index (κ2) is 23.0. The Hall–Kier alpha value is -9.12. The molecular formula is C70H60N4. The third kappa shape index (κ3) is 11.3. The van der Waals surface area contributed by atoms with Gasteiger partial charge in [-0.25, -0.2) is 0 Å². The molecule has 0 atom stereocenters. The van der Waals surface area contributed by atoms with Crippen LogP contribution in [0.15, 0.2) is 255 Å². The highest BCUT2D eigenvalue weighted by Gasteiger charge is 2.15. The standard InChI is InChI=1S/C39H26N2.C22H23N.C9H11N/c1-25-5-4-7-37(41-25)29-14-10-27(11-15-29)33-21-17-31-18-22-34-32(20-16-30-19-23-35(33)39(31)38(30)34)26-8-12-28(13-9-26)36-6-2-3-24-40-36;1-6-16(2)10-11-17(3)19(5)20-12-14-21(15-13-20)22-9-7-8-18(4)23-22;1-3-8(2)9-6-4-5-7-10-9/h2-24H,1H3;6-15H,3,5H2,1-2,4H3;3-7H,1-2H3/b;11-10-,16-6+;8-3+. The molecule has 4 heterocycles. The Bertz CT molecular complexity index is 3830. The average molecular weight is 957 g/mol. The van der Waals surface area contributed by atoms with Crippen LogP contribution in [0.2, 0.25) is 0 Å². The van der Waals surface area contributed by atoms with Gasteiger partial charge in [-0.1, -0.05) is 189 Å². The molecule has 4 aromatic heterocycles. The van der Waals surface area contributed by atoms with Crippen LogP contribution in [0, 0.1) is 13.8 Å². The van der Waals surface area contributed by atoms with E-state index < -0.39 is 0 Å². The SMILES string of the molecule is C/C=C(\C)c1ccccn1.C=C(/C=C\C(C)=C\C)C(=C)c1ccc(-c2cccc(C)n2)cc1.Cc1cccc(-c2ccc(-c3ccc4ccc5c(-c6ccc(-c7ccccn7)cc6)ccc6ccc3c4c65)cc2)n1. The summed E-state index contributed by atoms with van der Waals surface area (Å²) in [5, 5.41) is 7.76. The van der Waals surface area contributed by atoms with Crippen molar-refractivity contribution < 1.29 is 0 Å². The van der Waals surface area contributed by atoms with Crippen molar-refractivity contribution in [3.63, 3.8) is 0 Å².